The number of aryl methyl sites for hydroxylation is 1. The third-order valence-corrected chi connectivity index (χ3v) is 8.38. The highest BCUT2D eigenvalue weighted by molar-refractivity contribution is 7.93. The molecule has 2 atom stereocenters. The van der Waals surface area contributed by atoms with Crippen LogP contribution in [0.4, 0.5) is 0 Å². The van der Waals surface area contributed by atoms with Crippen molar-refractivity contribution in [2.45, 2.75) is 76.4 Å². The summed E-state index contributed by atoms with van der Waals surface area (Å²) in [5.41, 5.74) is 7.53. The first-order valence-corrected chi connectivity index (χ1v) is 11.0. The summed E-state index contributed by atoms with van der Waals surface area (Å²) in [6, 6.07) is 2.16. The normalized spacial score (nSPS) is 22.4. The Morgan fingerprint density at radius 3 is 2.38 bits per heavy atom. The zero-order valence-corrected chi connectivity index (χ0v) is 17.7. The van der Waals surface area contributed by atoms with Gasteiger partial charge in [-0.25, -0.2) is 8.42 Å². The molecule has 2 rings (SSSR count). The molecule has 0 saturated heterocycles. The van der Waals surface area contributed by atoms with Crippen LogP contribution in [0.15, 0.2) is 6.07 Å². The molecule has 1 amide bonds. The van der Waals surface area contributed by atoms with E-state index in [1.807, 2.05) is 11.7 Å². The first-order valence-electron chi connectivity index (χ1n) is 9.32. The molecule has 0 radical (unpaired) electrons. The standard InChI is InChI=1S/C19H33N3O3S/c1-18(2,3)16-11-15(22(6)21-16)14-9-7-8-13(10-14)12-26(24,25)19(4,5)17(20)23/h11,13-14H,7-10,12H2,1-6H3,(H2,20,23). The van der Waals surface area contributed by atoms with Crippen molar-refractivity contribution in [2.24, 2.45) is 18.7 Å². The lowest BCUT2D eigenvalue weighted by Gasteiger charge is -2.31. The van der Waals surface area contributed by atoms with E-state index >= 15 is 0 Å². The molecule has 0 spiro atoms. The molecular formula is C19H33N3O3S. The smallest absolute Gasteiger partial charge is 0.238 e. The highest BCUT2D eigenvalue weighted by Gasteiger charge is 2.42. The molecule has 1 heterocycles. The lowest BCUT2D eigenvalue weighted by Crippen LogP contribution is -2.47. The number of aromatic nitrogens is 2. The van der Waals surface area contributed by atoms with Crippen molar-refractivity contribution in [1.29, 1.82) is 0 Å². The SMILES string of the molecule is Cn1nc(C(C)(C)C)cc1C1CCCC(CS(=O)(=O)C(C)(C)C(N)=O)C1. The average Bonchev–Trinajstić information content (AvgIpc) is 2.89. The minimum absolute atomic E-state index is 0.0150. The van der Waals surface area contributed by atoms with Gasteiger partial charge in [-0.15, -0.1) is 0 Å². The predicted molar refractivity (Wildman–Crippen MR) is 104 cm³/mol. The van der Waals surface area contributed by atoms with Crippen LogP contribution in [-0.2, 0) is 27.1 Å². The molecule has 0 aromatic carbocycles. The van der Waals surface area contributed by atoms with Crippen LogP contribution in [0.25, 0.3) is 0 Å². The lowest BCUT2D eigenvalue weighted by molar-refractivity contribution is -0.119. The number of primary amides is 1. The van der Waals surface area contributed by atoms with E-state index in [4.69, 9.17) is 5.73 Å². The van der Waals surface area contributed by atoms with Gasteiger partial charge in [0.2, 0.25) is 5.91 Å². The van der Waals surface area contributed by atoms with E-state index in [9.17, 15) is 13.2 Å². The van der Waals surface area contributed by atoms with E-state index in [1.165, 1.54) is 19.5 Å². The number of hydrogen-bond acceptors (Lipinski definition) is 4. The van der Waals surface area contributed by atoms with E-state index in [0.717, 1.165) is 31.4 Å². The Morgan fingerprint density at radius 1 is 1.27 bits per heavy atom. The van der Waals surface area contributed by atoms with Crippen molar-refractivity contribution in [3.05, 3.63) is 17.5 Å². The van der Waals surface area contributed by atoms with Crippen LogP contribution in [-0.4, -0.2) is 34.6 Å². The highest BCUT2D eigenvalue weighted by Crippen LogP contribution is 2.38. The van der Waals surface area contributed by atoms with Crippen LogP contribution < -0.4 is 5.73 Å². The summed E-state index contributed by atoms with van der Waals surface area (Å²) < 4.78 is 25.8. The summed E-state index contributed by atoms with van der Waals surface area (Å²) in [6.07, 6.45) is 3.70. The van der Waals surface area contributed by atoms with Gasteiger partial charge < -0.3 is 5.73 Å². The molecule has 148 valence electrons. The molecule has 2 N–H and O–H groups in total. The second-order valence-electron chi connectivity index (χ2n) is 9.21. The number of hydrogen-bond donors (Lipinski definition) is 1. The number of sulfone groups is 1. The van der Waals surface area contributed by atoms with Gasteiger partial charge in [0.25, 0.3) is 0 Å². The Balaban J connectivity index is 2.18. The number of carbonyl (C=O) groups is 1. The van der Waals surface area contributed by atoms with E-state index in [1.54, 1.807) is 0 Å². The minimum Gasteiger partial charge on any atom is -0.368 e. The third kappa shape index (κ3) is 4.13. The maximum Gasteiger partial charge on any atom is 0.238 e. The topological polar surface area (TPSA) is 95.1 Å². The first kappa shape index (κ1) is 20.9. The molecule has 26 heavy (non-hydrogen) atoms. The van der Waals surface area contributed by atoms with Gasteiger partial charge in [-0.1, -0.05) is 27.2 Å². The fraction of sp³-hybridized carbons (Fsp3) is 0.789. The summed E-state index contributed by atoms with van der Waals surface area (Å²) in [7, 11) is -1.63. The number of carbonyl (C=O) groups excluding carboxylic acids is 1. The van der Waals surface area contributed by atoms with Gasteiger partial charge in [0, 0.05) is 24.1 Å². The Hall–Kier alpha value is -1.37. The van der Waals surface area contributed by atoms with Crippen molar-refractivity contribution in [3.8, 4) is 0 Å². The van der Waals surface area contributed by atoms with Crippen LogP contribution in [0, 0.1) is 5.92 Å². The maximum absolute atomic E-state index is 12.7. The molecule has 1 fully saturated rings. The van der Waals surface area contributed by atoms with Gasteiger partial charge in [0.15, 0.2) is 9.84 Å². The fourth-order valence-corrected chi connectivity index (χ4v) is 5.26. The van der Waals surface area contributed by atoms with E-state index in [0.29, 0.717) is 5.92 Å². The van der Waals surface area contributed by atoms with Gasteiger partial charge in [0.1, 0.15) is 4.75 Å². The molecule has 0 bridgehead atoms. The molecule has 6 nitrogen and oxygen atoms in total. The van der Waals surface area contributed by atoms with Crippen LogP contribution in [0.5, 0.6) is 0 Å². The third-order valence-electron chi connectivity index (χ3n) is 5.71. The van der Waals surface area contributed by atoms with Crippen LogP contribution >= 0.6 is 0 Å². The number of nitrogens with two attached hydrogens (primary N) is 1. The van der Waals surface area contributed by atoms with E-state index < -0.39 is 20.5 Å². The molecule has 1 aliphatic carbocycles. The quantitative estimate of drug-likeness (QED) is 0.845. The number of rotatable bonds is 5. The van der Waals surface area contributed by atoms with Crippen molar-refractivity contribution in [1.82, 2.24) is 9.78 Å². The van der Waals surface area contributed by atoms with Crippen molar-refractivity contribution in [3.63, 3.8) is 0 Å². The van der Waals surface area contributed by atoms with Crippen molar-refractivity contribution < 1.29 is 13.2 Å². The molecule has 2 unspecified atom stereocenters. The van der Waals surface area contributed by atoms with E-state index in [-0.39, 0.29) is 17.1 Å². The van der Waals surface area contributed by atoms with Gasteiger partial charge in [-0.05, 0) is 45.1 Å². The van der Waals surface area contributed by atoms with Crippen LogP contribution in [0.2, 0.25) is 0 Å². The van der Waals surface area contributed by atoms with Crippen molar-refractivity contribution >= 4 is 15.7 Å². The lowest BCUT2D eigenvalue weighted by atomic mass is 9.80. The Labute approximate surface area is 157 Å². The minimum atomic E-state index is -3.59. The van der Waals surface area contributed by atoms with E-state index in [2.05, 4.69) is 31.9 Å². The molecule has 1 aromatic rings. The Morgan fingerprint density at radius 2 is 1.88 bits per heavy atom. The fourth-order valence-electron chi connectivity index (χ4n) is 3.61. The predicted octanol–water partition coefficient (Wildman–Crippen LogP) is 2.67. The Kier molecular flexibility index (Phi) is 5.62. The maximum atomic E-state index is 12.7. The summed E-state index contributed by atoms with van der Waals surface area (Å²) in [5.74, 6) is -0.422. The molecule has 1 saturated carbocycles. The molecular weight excluding hydrogens is 350 g/mol. The zero-order chi connectivity index (χ0) is 19.9. The van der Waals surface area contributed by atoms with Gasteiger partial charge >= 0.3 is 0 Å². The summed E-state index contributed by atoms with van der Waals surface area (Å²) >= 11 is 0. The highest BCUT2D eigenvalue weighted by atomic mass is 32.2. The van der Waals surface area contributed by atoms with Crippen LogP contribution in [0.1, 0.15) is 77.6 Å². The van der Waals surface area contributed by atoms with Crippen molar-refractivity contribution in [2.75, 3.05) is 5.75 Å². The van der Waals surface area contributed by atoms with Gasteiger partial charge in [-0.2, -0.15) is 5.10 Å². The summed E-state index contributed by atoms with van der Waals surface area (Å²) in [6.45, 7) is 9.23. The van der Waals surface area contributed by atoms with Gasteiger partial charge in [-0.3, -0.25) is 9.48 Å². The van der Waals surface area contributed by atoms with Crippen LogP contribution in [0.3, 0.4) is 0 Å². The largest absolute Gasteiger partial charge is 0.368 e. The molecule has 1 aliphatic rings. The molecule has 1 aromatic heterocycles. The number of amides is 1. The first-order chi connectivity index (χ1) is 11.8. The molecule has 0 aliphatic heterocycles. The second-order valence-corrected chi connectivity index (χ2v) is 11.8. The second kappa shape index (κ2) is 6.98. The zero-order valence-electron chi connectivity index (χ0n) is 16.9. The number of nitrogens with zero attached hydrogens (tertiary/aromatic N) is 2. The Bertz CT molecular complexity index is 772. The molecule has 7 heteroatoms. The average molecular weight is 384 g/mol. The summed E-state index contributed by atoms with van der Waals surface area (Å²) in [4.78, 5) is 11.6. The van der Waals surface area contributed by atoms with Gasteiger partial charge in [0.05, 0.1) is 11.4 Å². The summed E-state index contributed by atoms with van der Waals surface area (Å²) in [5, 5.41) is 4.66. The monoisotopic (exact) mass is 383 g/mol.